The lowest BCUT2D eigenvalue weighted by molar-refractivity contribution is -0.139. The number of carbonyl (C=O) groups is 3. The second kappa shape index (κ2) is 20.1. The SMILES string of the molecule is O=C(NCCOCCOCCOCCOCCOCCOC(=O)C(=O)c1ccccc1)OCC1c2ccccc2-c2ccccc21. The molecule has 11 heteroatoms. The van der Waals surface area contributed by atoms with Gasteiger partial charge in [0.2, 0.25) is 0 Å². The van der Waals surface area contributed by atoms with E-state index in [0.717, 1.165) is 0 Å². The third-order valence-electron chi connectivity index (χ3n) is 7.03. The Bertz CT molecular complexity index is 1320. The van der Waals surface area contributed by atoms with E-state index in [4.69, 9.17) is 33.2 Å². The van der Waals surface area contributed by atoms with Crippen molar-refractivity contribution in [2.24, 2.45) is 0 Å². The number of benzene rings is 3. The van der Waals surface area contributed by atoms with E-state index in [-0.39, 0.29) is 25.7 Å². The van der Waals surface area contributed by atoms with Crippen LogP contribution >= 0.6 is 0 Å². The monoisotopic (exact) mass is 635 g/mol. The lowest BCUT2D eigenvalue weighted by Crippen LogP contribution is -2.29. The number of nitrogens with one attached hydrogen (secondary N) is 1. The predicted molar refractivity (Wildman–Crippen MR) is 169 cm³/mol. The van der Waals surface area contributed by atoms with Gasteiger partial charge in [0.25, 0.3) is 5.78 Å². The number of Topliss-reactive ketones (excluding diaryl/α,β-unsaturated/α-hetero) is 1. The predicted octanol–water partition coefficient (Wildman–Crippen LogP) is 4.03. The lowest BCUT2D eigenvalue weighted by Gasteiger charge is -2.14. The maximum Gasteiger partial charge on any atom is 0.407 e. The molecule has 11 nitrogen and oxygen atoms in total. The van der Waals surface area contributed by atoms with Crippen LogP contribution in [0.25, 0.3) is 11.1 Å². The summed E-state index contributed by atoms with van der Waals surface area (Å²) >= 11 is 0. The van der Waals surface area contributed by atoms with E-state index in [1.807, 2.05) is 24.3 Å². The van der Waals surface area contributed by atoms with E-state index < -0.39 is 17.8 Å². The van der Waals surface area contributed by atoms with Crippen molar-refractivity contribution in [1.82, 2.24) is 5.32 Å². The smallest absolute Gasteiger partial charge is 0.407 e. The normalized spacial score (nSPS) is 11.9. The Labute approximate surface area is 269 Å². The van der Waals surface area contributed by atoms with Crippen LogP contribution in [0.2, 0.25) is 0 Å². The minimum atomic E-state index is -0.902. The molecule has 3 aromatic carbocycles. The van der Waals surface area contributed by atoms with Crippen LogP contribution in [-0.2, 0) is 38.0 Å². The number of esters is 1. The first-order valence-corrected chi connectivity index (χ1v) is 15.4. The van der Waals surface area contributed by atoms with E-state index in [0.29, 0.717) is 71.6 Å². The quantitative estimate of drug-likeness (QED) is 0.0748. The minimum absolute atomic E-state index is 0.0102. The Balaban J connectivity index is 0.882. The molecule has 1 amide bonds. The molecule has 0 saturated heterocycles. The molecule has 0 atom stereocenters. The van der Waals surface area contributed by atoms with Crippen LogP contribution in [0.4, 0.5) is 4.79 Å². The van der Waals surface area contributed by atoms with Crippen molar-refractivity contribution in [2.75, 3.05) is 85.8 Å². The van der Waals surface area contributed by atoms with Gasteiger partial charge in [-0.15, -0.1) is 0 Å². The number of amides is 1. The van der Waals surface area contributed by atoms with Gasteiger partial charge in [-0.2, -0.15) is 0 Å². The van der Waals surface area contributed by atoms with Gasteiger partial charge < -0.3 is 38.5 Å². The zero-order valence-corrected chi connectivity index (χ0v) is 25.9. The molecule has 0 aromatic heterocycles. The topological polar surface area (TPSA) is 128 Å². The number of hydrogen-bond donors (Lipinski definition) is 1. The summed E-state index contributed by atoms with van der Waals surface area (Å²) in [6.07, 6.45) is -0.466. The fourth-order valence-electron chi connectivity index (χ4n) is 4.82. The van der Waals surface area contributed by atoms with Gasteiger partial charge in [-0.1, -0.05) is 78.9 Å². The summed E-state index contributed by atoms with van der Waals surface area (Å²) in [5.41, 5.74) is 5.03. The number of fused-ring (bicyclic) bond motifs is 3. The molecule has 1 aliphatic rings. The van der Waals surface area contributed by atoms with Crippen LogP contribution in [0, 0.1) is 0 Å². The molecule has 0 bridgehead atoms. The molecule has 1 N–H and O–H groups in total. The van der Waals surface area contributed by atoms with Crippen molar-refractivity contribution in [1.29, 1.82) is 0 Å². The zero-order chi connectivity index (χ0) is 32.2. The van der Waals surface area contributed by atoms with Gasteiger partial charge in [0.1, 0.15) is 13.2 Å². The average Bonchev–Trinajstić information content (AvgIpc) is 3.41. The molecule has 0 spiro atoms. The Morgan fingerprint density at radius 2 is 0.978 bits per heavy atom. The molecule has 0 unspecified atom stereocenters. The molecule has 0 radical (unpaired) electrons. The molecular formula is C35H41NO10. The van der Waals surface area contributed by atoms with Crippen LogP contribution < -0.4 is 5.32 Å². The van der Waals surface area contributed by atoms with Gasteiger partial charge in [-0.05, 0) is 22.3 Å². The molecule has 3 aromatic rings. The van der Waals surface area contributed by atoms with Gasteiger partial charge in [-0.3, -0.25) is 4.79 Å². The van der Waals surface area contributed by atoms with Crippen LogP contribution in [0.5, 0.6) is 0 Å². The molecule has 0 heterocycles. The summed E-state index contributed by atoms with van der Waals surface area (Å²) in [7, 11) is 0. The molecule has 0 aliphatic heterocycles. The third-order valence-corrected chi connectivity index (χ3v) is 7.03. The van der Waals surface area contributed by atoms with E-state index in [1.165, 1.54) is 22.3 Å². The Morgan fingerprint density at radius 1 is 0.522 bits per heavy atom. The minimum Gasteiger partial charge on any atom is -0.457 e. The average molecular weight is 636 g/mol. The third kappa shape index (κ3) is 11.3. The highest BCUT2D eigenvalue weighted by Gasteiger charge is 2.29. The number of ketones is 1. The lowest BCUT2D eigenvalue weighted by atomic mass is 9.98. The Morgan fingerprint density at radius 3 is 1.52 bits per heavy atom. The molecule has 4 rings (SSSR count). The van der Waals surface area contributed by atoms with Crippen LogP contribution in [0.3, 0.4) is 0 Å². The fourth-order valence-corrected chi connectivity index (χ4v) is 4.82. The molecule has 246 valence electrons. The highest BCUT2D eigenvalue weighted by atomic mass is 16.6. The number of carbonyl (C=O) groups excluding carboxylic acids is 3. The van der Waals surface area contributed by atoms with Crippen molar-refractivity contribution in [3.8, 4) is 11.1 Å². The van der Waals surface area contributed by atoms with E-state index in [2.05, 4.69) is 29.6 Å². The number of hydrogen-bond acceptors (Lipinski definition) is 10. The number of ether oxygens (including phenoxy) is 7. The molecule has 0 fully saturated rings. The second-order valence-corrected chi connectivity index (χ2v) is 10.1. The molecule has 46 heavy (non-hydrogen) atoms. The largest absolute Gasteiger partial charge is 0.457 e. The number of alkyl carbamates (subject to hydrolysis) is 1. The Hall–Kier alpha value is -4.13. The van der Waals surface area contributed by atoms with Crippen molar-refractivity contribution < 1.29 is 47.5 Å². The highest BCUT2D eigenvalue weighted by molar-refractivity contribution is 6.40. The number of rotatable bonds is 22. The van der Waals surface area contributed by atoms with Crippen LogP contribution in [0.1, 0.15) is 27.4 Å². The molecule has 1 aliphatic carbocycles. The summed E-state index contributed by atoms with van der Waals surface area (Å²) in [4.78, 5) is 35.8. The van der Waals surface area contributed by atoms with Crippen molar-refractivity contribution in [3.63, 3.8) is 0 Å². The standard InChI is InChI=1S/C35H41NO10/c37-33(27-8-2-1-3-9-27)34(38)45-25-24-44-23-22-43-21-20-42-19-18-41-17-16-40-15-14-36-35(39)46-26-32-30-12-6-4-10-28(30)29-11-5-7-13-31(29)32/h1-13,32H,14-26H2,(H,36,39). The summed E-state index contributed by atoms with van der Waals surface area (Å²) in [6.45, 7) is 4.31. The van der Waals surface area contributed by atoms with Gasteiger partial charge in [0.05, 0.1) is 66.1 Å². The van der Waals surface area contributed by atoms with Gasteiger partial charge in [-0.25, -0.2) is 9.59 Å². The summed E-state index contributed by atoms with van der Waals surface area (Å²) < 4.78 is 37.6. The van der Waals surface area contributed by atoms with E-state index >= 15 is 0 Å². The van der Waals surface area contributed by atoms with Crippen molar-refractivity contribution in [2.45, 2.75) is 5.92 Å². The Kier molecular flexibility index (Phi) is 15.2. The fraction of sp³-hybridized carbons (Fsp3) is 0.400. The summed E-state index contributed by atoms with van der Waals surface area (Å²) in [5, 5.41) is 2.72. The van der Waals surface area contributed by atoms with Gasteiger partial charge in [0.15, 0.2) is 0 Å². The maximum atomic E-state index is 12.2. The van der Waals surface area contributed by atoms with Gasteiger partial charge in [0, 0.05) is 18.0 Å². The van der Waals surface area contributed by atoms with Crippen molar-refractivity contribution >= 4 is 17.8 Å². The summed E-state index contributed by atoms with van der Waals surface area (Å²) in [5.74, 6) is -1.55. The van der Waals surface area contributed by atoms with E-state index in [1.54, 1.807) is 30.3 Å². The summed E-state index contributed by atoms with van der Waals surface area (Å²) in [6, 6.07) is 24.7. The van der Waals surface area contributed by atoms with Crippen LogP contribution in [0.15, 0.2) is 78.9 Å². The zero-order valence-electron chi connectivity index (χ0n) is 25.9. The maximum absolute atomic E-state index is 12.2. The van der Waals surface area contributed by atoms with Crippen LogP contribution in [-0.4, -0.2) is 104 Å². The first-order valence-electron chi connectivity index (χ1n) is 15.4. The molecule has 0 saturated carbocycles. The van der Waals surface area contributed by atoms with Gasteiger partial charge >= 0.3 is 12.1 Å². The second-order valence-electron chi connectivity index (χ2n) is 10.1. The van der Waals surface area contributed by atoms with E-state index in [9.17, 15) is 14.4 Å². The first-order chi connectivity index (χ1) is 22.6. The first kappa shape index (κ1) is 34.7. The highest BCUT2D eigenvalue weighted by Crippen LogP contribution is 2.44. The van der Waals surface area contributed by atoms with Crippen molar-refractivity contribution in [3.05, 3.63) is 95.6 Å². The molecular weight excluding hydrogens is 594 g/mol.